The lowest BCUT2D eigenvalue weighted by Crippen LogP contribution is -2.18. The zero-order valence-electron chi connectivity index (χ0n) is 17.4. The van der Waals surface area contributed by atoms with E-state index in [0.29, 0.717) is 6.42 Å². The van der Waals surface area contributed by atoms with Gasteiger partial charge in [-0.25, -0.2) is 5.43 Å². The van der Waals surface area contributed by atoms with E-state index in [1.54, 1.807) is 0 Å². The minimum atomic E-state index is 0.0579. The van der Waals surface area contributed by atoms with E-state index < -0.39 is 0 Å². The van der Waals surface area contributed by atoms with Gasteiger partial charge in [0.1, 0.15) is 0 Å². The van der Waals surface area contributed by atoms with Gasteiger partial charge in [-0.05, 0) is 19.8 Å². The molecule has 0 heterocycles. The molecule has 0 aromatic heterocycles. The quantitative estimate of drug-likeness (QED) is 0.159. The first-order valence-corrected chi connectivity index (χ1v) is 11.0. The molecule has 0 spiro atoms. The molecule has 0 aromatic rings. The number of unbranched alkanes of at least 4 members (excludes halogenated alkanes) is 14. The zero-order valence-corrected chi connectivity index (χ0v) is 17.4. The number of carbonyl (C=O) groups excluding carboxylic acids is 1. The van der Waals surface area contributed by atoms with Crippen LogP contribution in [0.25, 0.3) is 0 Å². The van der Waals surface area contributed by atoms with Gasteiger partial charge >= 0.3 is 0 Å². The van der Waals surface area contributed by atoms with E-state index in [4.69, 9.17) is 0 Å². The SMILES string of the molecule is CCCCCCCCCCCCCCCCCC(=O)N/N=C(/C)CC. The Hall–Kier alpha value is -0.860. The molecule has 3 heteroatoms. The molecule has 0 aliphatic carbocycles. The Balaban J connectivity index is 3.17. The smallest absolute Gasteiger partial charge is 0.240 e. The third kappa shape index (κ3) is 19.3. The molecule has 0 rings (SSSR count). The summed E-state index contributed by atoms with van der Waals surface area (Å²) in [5.41, 5.74) is 3.61. The van der Waals surface area contributed by atoms with E-state index >= 15 is 0 Å². The standard InChI is InChI=1S/C22H44N2O/c1-4-6-7-8-9-10-11-12-13-14-15-16-17-18-19-20-22(25)24-23-21(3)5-2/h4-20H2,1-3H3,(H,24,25)/b23-21-. The van der Waals surface area contributed by atoms with Crippen molar-refractivity contribution in [2.45, 2.75) is 130 Å². The van der Waals surface area contributed by atoms with Crippen molar-refractivity contribution in [3.05, 3.63) is 0 Å². The minimum absolute atomic E-state index is 0.0579. The Kier molecular flexibility index (Phi) is 18.8. The Morgan fingerprint density at radius 2 is 1.08 bits per heavy atom. The summed E-state index contributed by atoms with van der Waals surface area (Å²) in [6, 6.07) is 0. The summed E-state index contributed by atoms with van der Waals surface area (Å²) in [5.74, 6) is 0.0579. The summed E-state index contributed by atoms with van der Waals surface area (Å²) in [6.45, 7) is 6.26. The van der Waals surface area contributed by atoms with Crippen molar-refractivity contribution in [2.75, 3.05) is 0 Å². The summed E-state index contributed by atoms with van der Waals surface area (Å²) in [6.07, 6.45) is 21.8. The molecule has 0 radical (unpaired) electrons. The molecule has 1 amide bonds. The molecule has 0 bridgehead atoms. The van der Waals surface area contributed by atoms with Gasteiger partial charge in [-0.1, -0.05) is 104 Å². The first-order chi connectivity index (χ1) is 12.2. The van der Waals surface area contributed by atoms with Crippen LogP contribution in [0.2, 0.25) is 0 Å². The zero-order chi connectivity index (χ0) is 18.6. The van der Waals surface area contributed by atoms with E-state index in [0.717, 1.165) is 18.6 Å². The van der Waals surface area contributed by atoms with Gasteiger partial charge in [-0.2, -0.15) is 5.10 Å². The van der Waals surface area contributed by atoms with Crippen LogP contribution in [0.5, 0.6) is 0 Å². The van der Waals surface area contributed by atoms with E-state index in [2.05, 4.69) is 17.5 Å². The molecular weight excluding hydrogens is 308 g/mol. The molecule has 0 atom stereocenters. The third-order valence-electron chi connectivity index (χ3n) is 4.89. The fourth-order valence-electron chi connectivity index (χ4n) is 2.95. The van der Waals surface area contributed by atoms with Crippen LogP contribution in [0.1, 0.15) is 130 Å². The molecule has 0 aliphatic heterocycles. The summed E-state index contributed by atoms with van der Waals surface area (Å²) in [7, 11) is 0. The van der Waals surface area contributed by atoms with Gasteiger partial charge in [-0.15, -0.1) is 0 Å². The highest BCUT2D eigenvalue weighted by molar-refractivity contribution is 5.84. The summed E-state index contributed by atoms with van der Waals surface area (Å²) >= 11 is 0. The number of nitrogens with zero attached hydrogens (tertiary/aromatic N) is 1. The maximum absolute atomic E-state index is 11.6. The summed E-state index contributed by atoms with van der Waals surface area (Å²) < 4.78 is 0. The van der Waals surface area contributed by atoms with Crippen molar-refractivity contribution in [2.24, 2.45) is 5.10 Å². The molecule has 148 valence electrons. The topological polar surface area (TPSA) is 41.5 Å². The van der Waals surface area contributed by atoms with Crippen LogP contribution in [0.3, 0.4) is 0 Å². The third-order valence-corrected chi connectivity index (χ3v) is 4.89. The van der Waals surface area contributed by atoms with Gasteiger partial charge < -0.3 is 0 Å². The number of amides is 1. The molecule has 25 heavy (non-hydrogen) atoms. The molecule has 0 unspecified atom stereocenters. The van der Waals surface area contributed by atoms with Crippen LogP contribution in [-0.2, 0) is 4.79 Å². The molecule has 1 N–H and O–H groups in total. The van der Waals surface area contributed by atoms with Crippen molar-refractivity contribution in [3.8, 4) is 0 Å². The van der Waals surface area contributed by atoms with E-state index in [9.17, 15) is 4.79 Å². The lowest BCUT2D eigenvalue weighted by molar-refractivity contribution is -0.121. The highest BCUT2D eigenvalue weighted by Gasteiger charge is 2.00. The Labute approximate surface area is 157 Å². The van der Waals surface area contributed by atoms with E-state index in [1.807, 2.05) is 13.8 Å². The number of hydrogen-bond acceptors (Lipinski definition) is 2. The lowest BCUT2D eigenvalue weighted by atomic mass is 10.0. The van der Waals surface area contributed by atoms with Gasteiger partial charge in [0.25, 0.3) is 0 Å². The number of carbonyl (C=O) groups is 1. The average molecular weight is 353 g/mol. The van der Waals surface area contributed by atoms with Crippen molar-refractivity contribution >= 4 is 11.6 Å². The van der Waals surface area contributed by atoms with Crippen LogP contribution >= 0.6 is 0 Å². The Bertz CT molecular complexity index is 326. The first kappa shape index (κ1) is 24.1. The first-order valence-electron chi connectivity index (χ1n) is 11.0. The van der Waals surface area contributed by atoms with Crippen molar-refractivity contribution in [1.82, 2.24) is 5.43 Å². The lowest BCUT2D eigenvalue weighted by Gasteiger charge is -2.04. The minimum Gasteiger partial charge on any atom is -0.273 e. The molecule has 0 saturated carbocycles. The maximum atomic E-state index is 11.6. The van der Waals surface area contributed by atoms with Crippen molar-refractivity contribution in [3.63, 3.8) is 0 Å². The van der Waals surface area contributed by atoms with Gasteiger partial charge in [0, 0.05) is 12.1 Å². The summed E-state index contributed by atoms with van der Waals surface area (Å²) in [4.78, 5) is 11.6. The molecule has 0 aromatic carbocycles. The molecule has 0 aliphatic rings. The summed E-state index contributed by atoms with van der Waals surface area (Å²) in [5, 5.41) is 4.05. The predicted octanol–water partition coefficient (Wildman–Crippen LogP) is 7.15. The fourth-order valence-corrected chi connectivity index (χ4v) is 2.95. The van der Waals surface area contributed by atoms with Crippen LogP contribution in [0.15, 0.2) is 5.10 Å². The number of hydrogen-bond donors (Lipinski definition) is 1. The van der Waals surface area contributed by atoms with Crippen LogP contribution in [0, 0.1) is 0 Å². The van der Waals surface area contributed by atoms with Gasteiger partial charge in [-0.3, -0.25) is 4.79 Å². The molecular formula is C22H44N2O. The van der Waals surface area contributed by atoms with Crippen LogP contribution < -0.4 is 5.43 Å². The number of rotatable bonds is 18. The maximum Gasteiger partial charge on any atom is 0.240 e. The van der Waals surface area contributed by atoms with E-state index in [-0.39, 0.29) is 5.91 Å². The Morgan fingerprint density at radius 1 is 0.680 bits per heavy atom. The monoisotopic (exact) mass is 352 g/mol. The Morgan fingerprint density at radius 3 is 1.48 bits per heavy atom. The highest BCUT2D eigenvalue weighted by Crippen LogP contribution is 2.13. The second-order valence-corrected chi connectivity index (χ2v) is 7.44. The van der Waals surface area contributed by atoms with Crippen LogP contribution in [0.4, 0.5) is 0 Å². The number of nitrogens with one attached hydrogen (secondary N) is 1. The second kappa shape index (κ2) is 19.5. The van der Waals surface area contributed by atoms with Gasteiger partial charge in [0.05, 0.1) is 0 Å². The average Bonchev–Trinajstić information content (AvgIpc) is 2.62. The fraction of sp³-hybridized carbons (Fsp3) is 0.909. The van der Waals surface area contributed by atoms with Gasteiger partial charge in [0.2, 0.25) is 5.91 Å². The second-order valence-electron chi connectivity index (χ2n) is 7.44. The molecule has 0 fully saturated rings. The normalized spacial score (nSPS) is 11.7. The largest absolute Gasteiger partial charge is 0.273 e. The predicted molar refractivity (Wildman–Crippen MR) is 111 cm³/mol. The van der Waals surface area contributed by atoms with E-state index in [1.165, 1.54) is 89.9 Å². The van der Waals surface area contributed by atoms with Gasteiger partial charge in [0.15, 0.2) is 0 Å². The molecule has 3 nitrogen and oxygen atoms in total. The highest BCUT2D eigenvalue weighted by atomic mass is 16.2. The molecule has 0 saturated heterocycles. The van der Waals surface area contributed by atoms with Crippen molar-refractivity contribution in [1.29, 1.82) is 0 Å². The van der Waals surface area contributed by atoms with Crippen molar-refractivity contribution < 1.29 is 4.79 Å². The van der Waals surface area contributed by atoms with Crippen LogP contribution in [-0.4, -0.2) is 11.6 Å². The number of hydrazone groups is 1.